The fourth-order valence-electron chi connectivity index (χ4n) is 1.46. The van der Waals surface area contributed by atoms with Crippen molar-refractivity contribution < 1.29 is 14.3 Å². The zero-order valence-electron chi connectivity index (χ0n) is 10.9. The highest BCUT2D eigenvalue weighted by molar-refractivity contribution is 5.92. The predicted molar refractivity (Wildman–Crippen MR) is 72.6 cm³/mol. The molecule has 0 saturated heterocycles. The van der Waals surface area contributed by atoms with Gasteiger partial charge in [-0.05, 0) is 25.1 Å². The van der Waals surface area contributed by atoms with Crippen LogP contribution < -0.4 is 21.5 Å². The van der Waals surface area contributed by atoms with Crippen LogP contribution in [0.4, 0.5) is 5.69 Å². The molecule has 0 radical (unpaired) electrons. The number of anilines is 1. The largest absolute Gasteiger partial charge is 0.484 e. The Morgan fingerprint density at radius 2 is 2.16 bits per heavy atom. The number of amides is 2. The van der Waals surface area contributed by atoms with Crippen LogP contribution in [-0.4, -0.2) is 25.0 Å². The minimum Gasteiger partial charge on any atom is -0.484 e. The second-order valence-corrected chi connectivity index (χ2v) is 4.25. The molecule has 0 aliphatic heterocycles. The number of nitrogens with one attached hydrogen (secondary N) is 1. The maximum atomic E-state index is 11.8. The Balaban J connectivity index is 2.61. The normalized spacial score (nSPS) is 11.7. The van der Waals surface area contributed by atoms with Crippen molar-refractivity contribution in [2.24, 2.45) is 17.4 Å². The van der Waals surface area contributed by atoms with Gasteiger partial charge < -0.3 is 21.5 Å². The van der Waals surface area contributed by atoms with Crippen LogP contribution in [-0.2, 0) is 9.59 Å². The minimum atomic E-state index is -0.550. The highest BCUT2D eigenvalue weighted by Crippen LogP contribution is 2.18. The van der Waals surface area contributed by atoms with Gasteiger partial charge in [-0.2, -0.15) is 0 Å². The SMILES string of the molecule is CC(CCN)C(=O)Nc1cccc(OCC(N)=O)c1. The molecule has 0 bridgehead atoms. The summed E-state index contributed by atoms with van der Waals surface area (Å²) in [6.07, 6.45) is 0.629. The van der Waals surface area contributed by atoms with Crippen molar-refractivity contribution in [3.05, 3.63) is 24.3 Å². The van der Waals surface area contributed by atoms with Gasteiger partial charge in [-0.1, -0.05) is 13.0 Å². The molecule has 1 aromatic carbocycles. The summed E-state index contributed by atoms with van der Waals surface area (Å²) in [5.41, 5.74) is 11.0. The highest BCUT2D eigenvalue weighted by Gasteiger charge is 2.12. The van der Waals surface area contributed by atoms with Crippen molar-refractivity contribution in [2.45, 2.75) is 13.3 Å². The summed E-state index contributed by atoms with van der Waals surface area (Å²) in [5, 5.41) is 2.76. The van der Waals surface area contributed by atoms with E-state index in [2.05, 4.69) is 5.32 Å². The lowest BCUT2D eigenvalue weighted by molar-refractivity contribution is -0.120. The van der Waals surface area contributed by atoms with E-state index in [9.17, 15) is 9.59 Å². The van der Waals surface area contributed by atoms with Gasteiger partial charge in [0.1, 0.15) is 5.75 Å². The summed E-state index contributed by atoms with van der Waals surface area (Å²) in [6, 6.07) is 6.78. The van der Waals surface area contributed by atoms with Crippen LogP contribution in [0.5, 0.6) is 5.75 Å². The van der Waals surface area contributed by atoms with Gasteiger partial charge in [-0.25, -0.2) is 0 Å². The van der Waals surface area contributed by atoms with Gasteiger partial charge in [0.05, 0.1) is 0 Å². The Kier molecular flexibility index (Phi) is 5.81. The molecular weight excluding hydrogens is 246 g/mol. The van der Waals surface area contributed by atoms with Crippen LogP contribution >= 0.6 is 0 Å². The molecule has 0 saturated carbocycles. The number of hydrogen-bond donors (Lipinski definition) is 3. The Hall–Kier alpha value is -2.08. The molecule has 1 unspecified atom stereocenters. The number of carbonyl (C=O) groups excluding carboxylic acids is 2. The first kappa shape index (κ1) is 15.0. The third-order valence-electron chi connectivity index (χ3n) is 2.53. The van der Waals surface area contributed by atoms with E-state index in [0.29, 0.717) is 24.4 Å². The first-order chi connectivity index (χ1) is 9.02. The molecule has 1 atom stereocenters. The average Bonchev–Trinajstić information content (AvgIpc) is 2.37. The summed E-state index contributed by atoms with van der Waals surface area (Å²) < 4.78 is 5.15. The van der Waals surface area contributed by atoms with E-state index in [1.165, 1.54) is 0 Å². The third kappa shape index (κ3) is 5.39. The van der Waals surface area contributed by atoms with Crippen LogP contribution in [0.1, 0.15) is 13.3 Å². The predicted octanol–water partition coefficient (Wildman–Crippen LogP) is 0.474. The van der Waals surface area contributed by atoms with Gasteiger partial charge in [-0.15, -0.1) is 0 Å². The van der Waals surface area contributed by atoms with Crippen molar-refractivity contribution in [2.75, 3.05) is 18.5 Å². The van der Waals surface area contributed by atoms with Crippen molar-refractivity contribution in [3.63, 3.8) is 0 Å². The lowest BCUT2D eigenvalue weighted by atomic mass is 10.1. The summed E-state index contributed by atoms with van der Waals surface area (Å²) >= 11 is 0. The third-order valence-corrected chi connectivity index (χ3v) is 2.53. The summed E-state index contributed by atoms with van der Waals surface area (Å²) in [7, 11) is 0. The molecule has 104 valence electrons. The van der Waals surface area contributed by atoms with Gasteiger partial charge >= 0.3 is 0 Å². The maximum absolute atomic E-state index is 11.8. The van der Waals surface area contributed by atoms with Crippen LogP contribution in [0.15, 0.2) is 24.3 Å². The molecule has 1 rings (SSSR count). The Morgan fingerprint density at radius 1 is 1.42 bits per heavy atom. The number of nitrogens with two attached hydrogens (primary N) is 2. The molecular formula is C13H19N3O3. The smallest absolute Gasteiger partial charge is 0.255 e. The van der Waals surface area contributed by atoms with E-state index in [1.807, 2.05) is 6.92 Å². The number of primary amides is 1. The number of benzene rings is 1. The van der Waals surface area contributed by atoms with E-state index >= 15 is 0 Å². The van der Waals surface area contributed by atoms with Gasteiger partial charge in [0.2, 0.25) is 5.91 Å². The molecule has 2 amide bonds. The number of rotatable bonds is 7. The average molecular weight is 265 g/mol. The fourth-order valence-corrected chi connectivity index (χ4v) is 1.46. The lowest BCUT2D eigenvalue weighted by Gasteiger charge is -2.12. The fraction of sp³-hybridized carbons (Fsp3) is 0.385. The van der Waals surface area contributed by atoms with Crippen LogP contribution in [0.2, 0.25) is 0 Å². The van der Waals surface area contributed by atoms with Gasteiger partial charge in [0, 0.05) is 17.7 Å². The standard InChI is InChI=1S/C13H19N3O3/c1-9(5-6-14)13(18)16-10-3-2-4-11(7-10)19-8-12(15)17/h2-4,7,9H,5-6,8,14H2,1H3,(H2,15,17)(H,16,18). The van der Waals surface area contributed by atoms with Gasteiger partial charge in [-0.3, -0.25) is 9.59 Å². The molecule has 19 heavy (non-hydrogen) atoms. The number of hydrogen-bond acceptors (Lipinski definition) is 4. The van der Waals surface area contributed by atoms with Gasteiger partial charge in [0.25, 0.3) is 5.91 Å². The van der Waals surface area contributed by atoms with Crippen molar-refractivity contribution >= 4 is 17.5 Å². The minimum absolute atomic E-state index is 0.0995. The molecule has 6 heteroatoms. The molecule has 0 aromatic heterocycles. The first-order valence-corrected chi connectivity index (χ1v) is 6.05. The van der Waals surface area contributed by atoms with E-state index in [4.69, 9.17) is 16.2 Å². The summed E-state index contributed by atoms with van der Waals surface area (Å²) in [4.78, 5) is 22.4. The molecule has 0 aliphatic rings. The molecule has 5 N–H and O–H groups in total. The van der Waals surface area contributed by atoms with Crippen molar-refractivity contribution in [3.8, 4) is 5.75 Å². The monoisotopic (exact) mass is 265 g/mol. The van der Waals surface area contributed by atoms with Crippen molar-refractivity contribution in [1.29, 1.82) is 0 Å². The topological polar surface area (TPSA) is 107 Å². The Morgan fingerprint density at radius 3 is 2.79 bits per heavy atom. The summed E-state index contributed by atoms with van der Waals surface area (Å²) in [5.74, 6) is -0.327. The lowest BCUT2D eigenvalue weighted by Crippen LogP contribution is -2.23. The van der Waals surface area contributed by atoms with E-state index in [0.717, 1.165) is 0 Å². The molecule has 1 aromatic rings. The van der Waals surface area contributed by atoms with E-state index < -0.39 is 5.91 Å². The zero-order valence-corrected chi connectivity index (χ0v) is 10.9. The maximum Gasteiger partial charge on any atom is 0.255 e. The van der Waals surface area contributed by atoms with E-state index in [-0.39, 0.29) is 18.4 Å². The molecule has 0 heterocycles. The highest BCUT2D eigenvalue weighted by atomic mass is 16.5. The summed E-state index contributed by atoms with van der Waals surface area (Å²) in [6.45, 7) is 2.09. The molecule has 0 aliphatic carbocycles. The molecule has 0 fully saturated rings. The Bertz CT molecular complexity index is 449. The van der Waals surface area contributed by atoms with Crippen LogP contribution in [0.25, 0.3) is 0 Å². The molecule has 0 spiro atoms. The van der Waals surface area contributed by atoms with E-state index in [1.54, 1.807) is 24.3 Å². The number of carbonyl (C=O) groups is 2. The number of ether oxygens (including phenoxy) is 1. The zero-order chi connectivity index (χ0) is 14.3. The molecule has 6 nitrogen and oxygen atoms in total. The quantitative estimate of drug-likeness (QED) is 0.666. The second-order valence-electron chi connectivity index (χ2n) is 4.25. The van der Waals surface area contributed by atoms with Crippen molar-refractivity contribution in [1.82, 2.24) is 0 Å². The first-order valence-electron chi connectivity index (χ1n) is 6.05. The Labute approximate surface area is 112 Å². The van der Waals surface area contributed by atoms with Crippen LogP contribution in [0, 0.1) is 5.92 Å². The van der Waals surface area contributed by atoms with Gasteiger partial charge in [0.15, 0.2) is 6.61 Å². The second kappa shape index (κ2) is 7.38. The van der Waals surface area contributed by atoms with Crippen LogP contribution in [0.3, 0.4) is 0 Å².